The number of nitrogens with two attached hydrogens (primary N) is 1. The summed E-state index contributed by atoms with van der Waals surface area (Å²) in [7, 11) is 0. The van der Waals surface area contributed by atoms with Crippen LogP contribution in [-0.4, -0.2) is 10.9 Å². The summed E-state index contributed by atoms with van der Waals surface area (Å²) in [6.07, 6.45) is 0. The number of nitrogens with one attached hydrogen (secondary N) is 2. The van der Waals surface area contributed by atoms with Gasteiger partial charge in [-0.25, -0.2) is 10.8 Å². The first-order chi connectivity index (χ1) is 9.10. The molecule has 1 heterocycles. The largest absolute Gasteiger partial charge is 0.319 e. The minimum Gasteiger partial charge on any atom is -0.319 e. The van der Waals surface area contributed by atoms with Crippen molar-refractivity contribution in [2.45, 2.75) is 0 Å². The zero-order chi connectivity index (χ0) is 13.8. The minimum absolute atomic E-state index is 0.242. The summed E-state index contributed by atoms with van der Waals surface area (Å²) in [5, 5.41) is 3.14. The van der Waals surface area contributed by atoms with E-state index in [0.717, 1.165) is 4.47 Å². The Bertz CT molecular complexity index is 620. The molecule has 0 aliphatic carbocycles. The summed E-state index contributed by atoms with van der Waals surface area (Å²) >= 11 is 9.31. The van der Waals surface area contributed by atoms with Gasteiger partial charge >= 0.3 is 0 Å². The lowest BCUT2D eigenvalue weighted by atomic mass is 10.3. The van der Waals surface area contributed by atoms with Gasteiger partial charge in [0.15, 0.2) is 0 Å². The highest BCUT2D eigenvalue weighted by molar-refractivity contribution is 9.10. The number of nitrogens with zero attached hydrogens (tertiary/aromatic N) is 1. The smallest absolute Gasteiger partial charge is 0.274 e. The molecule has 0 bridgehead atoms. The number of carbonyl (C=O) groups is 1. The van der Waals surface area contributed by atoms with Crippen LogP contribution >= 0.6 is 27.5 Å². The van der Waals surface area contributed by atoms with Gasteiger partial charge in [-0.1, -0.05) is 33.6 Å². The van der Waals surface area contributed by atoms with Gasteiger partial charge in [-0.15, -0.1) is 0 Å². The van der Waals surface area contributed by atoms with Crippen molar-refractivity contribution in [1.82, 2.24) is 4.98 Å². The van der Waals surface area contributed by atoms with Gasteiger partial charge in [0.1, 0.15) is 11.5 Å². The van der Waals surface area contributed by atoms with Crippen molar-refractivity contribution in [3.8, 4) is 0 Å². The molecule has 0 aliphatic heterocycles. The van der Waals surface area contributed by atoms with Crippen LogP contribution in [0.4, 0.5) is 11.5 Å². The van der Waals surface area contributed by atoms with Crippen LogP contribution in [0, 0.1) is 0 Å². The number of hydrogen-bond acceptors (Lipinski definition) is 4. The van der Waals surface area contributed by atoms with Crippen LogP contribution in [0.5, 0.6) is 0 Å². The summed E-state index contributed by atoms with van der Waals surface area (Å²) in [5.74, 6) is 5.29. The molecule has 4 N–H and O–H groups in total. The van der Waals surface area contributed by atoms with Crippen molar-refractivity contribution in [3.05, 3.63) is 51.6 Å². The van der Waals surface area contributed by atoms with Crippen molar-refractivity contribution >= 4 is 44.9 Å². The number of pyridine rings is 1. The third kappa shape index (κ3) is 3.44. The molecule has 0 fully saturated rings. The fourth-order valence-electron chi connectivity index (χ4n) is 1.42. The number of halogens is 2. The quantitative estimate of drug-likeness (QED) is 0.592. The molecular weight excluding hydrogens is 332 g/mol. The lowest BCUT2D eigenvalue weighted by Gasteiger charge is -2.08. The fraction of sp³-hybridized carbons (Fsp3) is 0. The van der Waals surface area contributed by atoms with E-state index in [9.17, 15) is 4.79 Å². The highest BCUT2D eigenvalue weighted by atomic mass is 79.9. The molecule has 0 spiro atoms. The number of aromatic nitrogens is 1. The Morgan fingerprint density at radius 2 is 2.11 bits per heavy atom. The second-order valence-corrected chi connectivity index (χ2v) is 4.95. The topological polar surface area (TPSA) is 80.0 Å². The Hall–Kier alpha value is -1.63. The van der Waals surface area contributed by atoms with E-state index < -0.39 is 0 Å². The van der Waals surface area contributed by atoms with Crippen LogP contribution < -0.4 is 16.6 Å². The molecule has 5 nitrogen and oxygen atoms in total. The van der Waals surface area contributed by atoms with E-state index in [1.54, 1.807) is 36.4 Å². The monoisotopic (exact) mass is 340 g/mol. The van der Waals surface area contributed by atoms with Gasteiger partial charge in [-0.05, 0) is 30.3 Å². The molecule has 98 valence electrons. The molecule has 1 amide bonds. The first-order valence-corrected chi connectivity index (χ1v) is 6.47. The molecule has 19 heavy (non-hydrogen) atoms. The van der Waals surface area contributed by atoms with Crippen LogP contribution in [0.1, 0.15) is 10.5 Å². The summed E-state index contributed by atoms with van der Waals surface area (Å²) in [6, 6.07) is 10.1. The number of nitrogen functional groups attached to an aromatic ring is 1. The van der Waals surface area contributed by atoms with Gasteiger partial charge in [0.05, 0.1) is 10.7 Å². The SMILES string of the molecule is NNc1cccc(C(=O)Nc2cc(Br)ccc2Cl)n1. The number of benzene rings is 1. The second kappa shape index (κ2) is 6.01. The van der Waals surface area contributed by atoms with Gasteiger partial charge in [0, 0.05) is 4.47 Å². The molecule has 2 rings (SSSR count). The van der Waals surface area contributed by atoms with Crippen molar-refractivity contribution in [2.75, 3.05) is 10.7 Å². The maximum Gasteiger partial charge on any atom is 0.274 e. The zero-order valence-electron chi connectivity index (χ0n) is 9.65. The van der Waals surface area contributed by atoms with Gasteiger partial charge in [0.25, 0.3) is 5.91 Å². The van der Waals surface area contributed by atoms with Gasteiger partial charge in [-0.3, -0.25) is 4.79 Å². The minimum atomic E-state index is -0.364. The zero-order valence-corrected chi connectivity index (χ0v) is 12.0. The Balaban J connectivity index is 2.22. The number of amides is 1. The average Bonchev–Trinajstić information content (AvgIpc) is 2.43. The molecule has 0 unspecified atom stereocenters. The van der Waals surface area contributed by atoms with E-state index in [0.29, 0.717) is 16.5 Å². The lowest BCUT2D eigenvalue weighted by Crippen LogP contribution is -2.16. The Morgan fingerprint density at radius 3 is 2.84 bits per heavy atom. The summed E-state index contributed by atoms with van der Waals surface area (Å²) in [6.45, 7) is 0. The van der Waals surface area contributed by atoms with Gasteiger partial charge in [0.2, 0.25) is 0 Å². The van der Waals surface area contributed by atoms with E-state index in [1.165, 1.54) is 0 Å². The number of rotatable bonds is 3. The van der Waals surface area contributed by atoms with E-state index >= 15 is 0 Å². The molecule has 0 saturated heterocycles. The molecular formula is C12H10BrClN4O. The normalized spacial score (nSPS) is 10.1. The van der Waals surface area contributed by atoms with Crippen molar-refractivity contribution in [1.29, 1.82) is 0 Å². The van der Waals surface area contributed by atoms with Crippen LogP contribution in [0.2, 0.25) is 5.02 Å². The fourth-order valence-corrected chi connectivity index (χ4v) is 1.95. The Morgan fingerprint density at radius 1 is 1.32 bits per heavy atom. The third-order valence-electron chi connectivity index (χ3n) is 2.31. The van der Waals surface area contributed by atoms with Crippen LogP contribution in [0.15, 0.2) is 40.9 Å². The predicted octanol–water partition coefficient (Wildman–Crippen LogP) is 3.04. The maximum atomic E-state index is 12.0. The summed E-state index contributed by atoms with van der Waals surface area (Å²) in [4.78, 5) is 16.1. The van der Waals surface area contributed by atoms with Crippen molar-refractivity contribution in [2.24, 2.45) is 5.84 Å². The molecule has 0 radical (unpaired) electrons. The van der Waals surface area contributed by atoms with Crippen LogP contribution in [0.3, 0.4) is 0 Å². The first kappa shape index (κ1) is 13.8. The number of hydrazine groups is 1. The van der Waals surface area contributed by atoms with Gasteiger partial charge < -0.3 is 10.7 Å². The number of carbonyl (C=O) groups excluding carboxylic acids is 1. The summed E-state index contributed by atoms with van der Waals surface area (Å²) < 4.78 is 0.817. The molecule has 1 aromatic heterocycles. The Kier molecular flexibility index (Phi) is 4.36. The molecule has 1 aromatic carbocycles. The Labute approximate surface area is 123 Å². The highest BCUT2D eigenvalue weighted by Gasteiger charge is 2.10. The molecule has 0 aliphatic rings. The lowest BCUT2D eigenvalue weighted by molar-refractivity contribution is 0.102. The van der Waals surface area contributed by atoms with E-state index in [-0.39, 0.29) is 11.6 Å². The molecule has 0 atom stereocenters. The average molecular weight is 342 g/mol. The third-order valence-corrected chi connectivity index (χ3v) is 3.13. The molecule has 2 aromatic rings. The van der Waals surface area contributed by atoms with Crippen LogP contribution in [-0.2, 0) is 0 Å². The molecule has 0 saturated carbocycles. The van der Waals surface area contributed by atoms with Crippen molar-refractivity contribution in [3.63, 3.8) is 0 Å². The highest BCUT2D eigenvalue weighted by Crippen LogP contribution is 2.26. The summed E-state index contributed by atoms with van der Waals surface area (Å²) in [5.41, 5.74) is 3.13. The number of hydrogen-bond donors (Lipinski definition) is 3. The molecule has 7 heteroatoms. The van der Waals surface area contributed by atoms with E-state index in [1.807, 2.05) is 0 Å². The van der Waals surface area contributed by atoms with E-state index in [2.05, 4.69) is 31.7 Å². The van der Waals surface area contributed by atoms with Crippen molar-refractivity contribution < 1.29 is 4.79 Å². The van der Waals surface area contributed by atoms with E-state index in [4.69, 9.17) is 17.4 Å². The standard InChI is InChI=1S/C12H10BrClN4O/c13-7-4-5-8(14)10(6-7)17-12(19)9-2-1-3-11(16-9)18-15/h1-6H,15H2,(H,16,18)(H,17,19). The van der Waals surface area contributed by atoms with Gasteiger partial charge in [-0.2, -0.15) is 0 Å². The second-order valence-electron chi connectivity index (χ2n) is 3.63. The first-order valence-electron chi connectivity index (χ1n) is 5.30. The number of anilines is 2. The predicted molar refractivity (Wildman–Crippen MR) is 79.2 cm³/mol. The maximum absolute atomic E-state index is 12.0. The van der Waals surface area contributed by atoms with Crippen LogP contribution in [0.25, 0.3) is 0 Å².